The van der Waals surface area contributed by atoms with Gasteiger partial charge in [-0.05, 0) is 19.4 Å². The average molecular weight is 419 g/mol. The first-order chi connectivity index (χ1) is 13.6. The third-order valence-electron chi connectivity index (χ3n) is 4.73. The molecule has 1 aromatic carbocycles. The van der Waals surface area contributed by atoms with Gasteiger partial charge in [0.1, 0.15) is 6.61 Å². The van der Waals surface area contributed by atoms with Crippen LogP contribution in [0.2, 0.25) is 0 Å². The Morgan fingerprint density at radius 2 is 1.86 bits per heavy atom. The van der Waals surface area contributed by atoms with E-state index < -0.39 is 38.6 Å². The zero-order chi connectivity index (χ0) is 21.4. The van der Waals surface area contributed by atoms with Crippen molar-refractivity contribution in [3.63, 3.8) is 0 Å². The minimum absolute atomic E-state index is 0.0107. The highest BCUT2D eigenvalue weighted by Crippen LogP contribution is 2.46. The molecule has 9 nitrogen and oxygen atoms in total. The Balaban J connectivity index is 2.01. The molecule has 1 aliphatic rings. The van der Waals surface area contributed by atoms with E-state index in [1.807, 2.05) is 18.2 Å². The summed E-state index contributed by atoms with van der Waals surface area (Å²) in [6, 6.07) is 7.84. The average Bonchev–Trinajstić information content (AvgIpc) is 2.92. The summed E-state index contributed by atoms with van der Waals surface area (Å²) >= 11 is 0. The van der Waals surface area contributed by atoms with Gasteiger partial charge in [-0.15, -0.1) is 0 Å². The van der Waals surface area contributed by atoms with Crippen LogP contribution in [0.15, 0.2) is 41.7 Å². The van der Waals surface area contributed by atoms with Crippen LogP contribution >= 0.6 is 0 Å². The standard InChI is InChI=1S/C19H21N3O6S/c1-19(2)13-10-20-17(29(4,25)26)21-14(13)15(16(23)27-3)22(19)18(24)28-11-12-8-6-5-7-9-12/h5-10,15H,11H2,1-4H3. The number of hydrogen-bond acceptors (Lipinski definition) is 8. The van der Waals surface area contributed by atoms with Crippen LogP contribution in [0, 0.1) is 0 Å². The van der Waals surface area contributed by atoms with E-state index in [2.05, 4.69) is 9.97 Å². The highest BCUT2D eigenvalue weighted by atomic mass is 32.2. The van der Waals surface area contributed by atoms with Crippen molar-refractivity contribution in [3.8, 4) is 0 Å². The second-order valence-electron chi connectivity index (χ2n) is 7.12. The predicted molar refractivity (Wildman–Crippen MR) is 101 cm³/mol. The fourth-order valence-corrected chi connectivity index (χ4v) is 3.77. The summed E-state index contributed by atoms with van der Waals surface area (Å²) in [5, 5.41) is -0.430. The number of carbonyl (C=O) groups excluding carboxylic acids is 2. The van der Waals surface area contributed by atoms with E-state index in [1.54, 1.807) is 26.0 Å². The summed E-state index contributed by atoms with van der Waals surface area (Å²) in [7, 11) is -2.53. The minimum atomic E-state index is -3.71. The summed E-state index contributed by atoms with van der Waals surface area (Å²) in [6.45, 7) is 3.40. The van der Waals surface area contributed by atoms with Crippen molar-refractivity contribution >= 4 is 21.9 Å². The summed E-state index contributed by atoms with van der Waals surface area (Å²) in [4.78, 5) is 34.6. The lowest BCUT2D eigenvalue weighted by molar-refractivity contribution is -0.148. The smallest absolute Gasteiger partial charge is 0.411 e. The van der Waals surface area contributed by atoms with Gasteiger partial charge < -0.3 is 9.47 Å². The van der Waals surface area contributed by atoms with Crippen molar-refractivity contribution in [2.45, 2.75) is 37.2 Å². The third kappa shape index (κ3) is 3.80. The van der Waals surface area contributed by atoms with E-state index in [1.165, 1.54) is 18.2 Å². The van der Waals surface area contributed by atoms with Crippen LogP contribution < -0.4 is 0 Å². The van der Waals surface area contributed by atoms with Crippen molar-refractivity contribution in [1.29, 1.82) is 0 Å². The number of methoxy groups -OCH3 is 1. The largest absolute Gasteiger partial charge is 0.467 e. The van der Waals surface area contributed by atoms with Crippen LogP contribution in [0.25, 0.3) is 0 Å². The molecule has 29 heavy (non-hydrogen) atoms. The van der Waals surface area contributed by atoms with Gasteiger partial charge in [-0.3, -0.25) is 4.90 Å². The van der Waals surface area contributed by atoms with E-state index >= 15 is 0 Å². The molecule has 0 saturated carbocycles. The van der Waals surface area contributed by atoms with Crippen LogP contribution in [0.4, 0.5) is 4.79 Å². The van der Waals surface area contributed by atoms with Gasteiger partial charge in [0.25, 0.3) is 0 Å². The second-order valence-corrected chi connectivity index (χ2v) is 9.03. The number of nitrogens with zero attached hydrogens (tertiary/aromatic N) is 3. The van der Waals surface area contributed by atoms with Crippen molar-refractivity contribution < 1.29 is 27.5 Å². The molecule has 1 amide bonds. The SMILES string of the molecule is COC(=O)C1c2nc(S(C)(=O)=O)ncc2C(C)(C)N1C(=O)OCc1ccccc1. The minimum Gasteiger partial charge on any atom is -0.467 e. The number of hydrogen-bond donors (Lipinski definition) is 0. The van der Waals surface area contributed by atoms with Gasteiger partial charge in [0.2, 0.25) is 15.0 Å². The van der Waals surface area contributed by atoms with Gasteiger partial charge in [-0.2, -0.15) is 0 Å². The molecule has 10 heteroatoms. The molecule has 1 aliphatic heterocycles. The Kier molecular flexibility index (Phi) is 5.31. The normalized spacial score (nSPS) is 17.5. The van der Waals surface area contributed by atoms with Crippen LogP contribution in [-0.2, 0) is 36.3 Å². The number of sulfone groups is 1. The maximum atomic E-state index is 12.9. The predicted octanol–water partition coefficient (Wildman–Crippen LogP) is 1.98. The first-order valence-corrected chi connectivity index (χ1v) is 10.6. The van der Waals surface area contributed by atoms with Crippen LogP contribution in [0.1, 0.15) is 36.7 Å². The molecular weight excluding hydrogens is 398 g/mol. The summed E-state index contributed by atoms with van der Waals surface area (Å²) < 4.78 is 34.0. The fourth-order valence-electron chi connectivity index (χ4n) is 3.26. The molecule has 2 heterocycles. The number of carbonyl (C=O) groups is 2. The molecule has 3 rings (SSSR count). The number of fused-ring (bicyclic) bond motifs is 1. The number of benzene rings is 1. The van der Waals surface area contributed by atoms with Crippen molar-refractivity contribution in [1.82, 2.24) is 14.9 Å². The molecule has 154 valence electrons. The lowest BCUT2D eigenvalue weighted by Gasteiger charge is -2.33. The molecule has 0 bridgehead atoms. The summed E-state index contributed by atoms with van der Waals surface area (Å²) in [5.41, 5.74) is 0.299. The number of ether oxygens (including phenoxy) is 2. The van der Waals surface area contributed by atoms with E-state index in [-0.39, 0.29) is 12.3 Å². The molecule has 0 N–H and O–H groups in total. The Morgan fingerprint density at radius 1 is 1.21 bits per heavy atom. The van der Waals surface area contributed by atoms with Crippen molar-refractivity contribution in [2.75, 3.05) is 13.4 Å². The van der Waals surface area contributed by atoms with Gasteiger partial charge in [0.15, 0.2) is 6.04 Å². The summed E-state index contributed by atoms with van der Waals surface area (Å²) in [6.07, 6.45) is 1.53. The fraction of sp³-hybridized carbons (Fsp3) is 0.368. The lowest BCUT2D eigenvalue weighted by Crippen LogP contribution is -2.45. The summed E-state index contributed by atoms with van der Waals surface area (Å²) in [5.74, 6) is -0.758. The van der Waals surface area contributed by atoms with Crippen LogP contribution in [0.5, 0.6) is 0 Å². The van der Waals surface area contributed by atoms with Gasteiger partial charge in [0, 0.05) is 18.0 Å². The number of rotatable bonds is 4. The highest BCUT2D eigenvalue weighted by Gasteiger charge is 2.53. The van der Waals surface area contributed by atoms with E-state index in [4.69, 9.17) is 9.47 Å². The van der Waals surface area contributed by atoms with Gasteiger partial charge in [-0.25, -0.2) is 28.0 Å². The van der Waals surface area contributed by atoms with E-state index in [0.717, 1.165) is 11.8 Å². The zero-order valence-electron chi connectivity index (χ0n) is 16.4. The molecule has 0 aliphatic carbocycles. The molecule has 0 fully saturated rings. The Bertz CT molecular complexity index is 1050. The van der Waals surface area contributed by atoms with Crippen molar-refractivity contribution in [2.24, 2.45) is 0 Å². The monoisotopic (exact) mass is 419 g/mol. The lowest BCUT2D eigenvalue weighted by atomic mass is 9.97. The van der Waals surface area contributed by atoms with Crippen LogP contribution in [0.3, 0.4) is 0 Å². The third-order valence-corrected chi connectivity index (χ3v) is 5.59. The molecule has 0 radical (unpaired) electrons. The molecule has 1 aromatic heterocycles. The zero-order valence-corrected chi connectivity index (χ0v) is 17.3. The molecule has 0 spiro atoms. The Morgan fingerprint density at radius 3 is 2.45 bits per heavy atom. The number of aromatic nitrogens is 2. The van der Waals surface area contributed by atoms with E-state index in [9.17, 15) is 18.0 Å². The first-order valence-electron chi connectivity index (χ1n) is 8.72. The molecule has 1 unspecified atom stereocenters. The molecular formula is C19H21N3O6S. The van der Waals surface area contributed by atoms with Crippen molar-refractivity contribution in [3.05, 3.63) is 53.3 Å². The molecule has 2 aromatic rings. The van der Waals surface area contributed by atoms with Crippen LogP contribution in [-0.4, -0.2) is 48.7 Å². The quantitative estimate of drug-likeness (QED) is 0.546. The maximum absolute atomic E-state index is 12.9. The molecule has 0 saturated heterocycles. The highest BCUT2D eigenvalue weighted by molar-refractivity contribution is 7.90. The maximum Gasteiger partial charge on any atom is 0.411 e. The molecule has 1 atom stereocenters. The first kappa shape index (κ1) is 20.7. The van der Waals surface area contributed by atoms with Gasteiger partial charge in [-0.1, -0.05) is 30.3 Å². The Hall–Kier alpha value is -3.01. The van der Waals surface area contributed by atoms with Gasteiger partial charge >= 0.3 is 12.1 Å². The number of amides is 1. The second kappa shape index (κ2) is 7.43. The van der Waals surface area contributed by atoms with E-state index in [0.29, 0.717) is 5.56 Å². The van der Waals surface area contributed by atoms with Gasteiger partial charge in [0.05, 0.1) is 18.3 Å². The Labute approximate surface area is 168 Å². The number of esters is 1. The topological polar surface area (TPSA) is 116 Å².